The maximum atomic E-state index is 11.4. The zero-order valence-electron chi connectivity index (χ0n) is 16.9. The molecule has 4 aromatic carbocycles. The van der Waals surface area contributed by atoms with E-state index in [1.807, 2.05) is 54.6 Å². The summed E-state index contributed by atoms with van der Waals surface area (Å²) in [7, 11) is 0. The number of rotatable bonds is 6. The summed E-state index contributed by atoms with van der Waals surface area (Å²) in [6.45, 7) is 0. The summed E-state index contributed by atoms with van der Waals surface area (Å²) >= 11 is -2.00. The van der Waals surface area contributed by atoms with Crippen LogP contribution < -0.4 is 0 Å². The largest absolute Gasteiger partial charge is 0.302 e. The fourth-order valence-corrected chi connectivity index (χ4v) is 3.83. The molecule has 4 aromatic rings. The van der Waals surface area contributed by atoms with Gasteiger partial charge < -0.3 is 4.55 Å². The highest BCUT2D eigenvalue weighted by Crippen LogP contribution is 2.22. The Kier molecular flexibility index (Phi) is 6.68. The second-order valence-electron chi connectivity index (χ2n) is 7.11. The van der Waals surface area contributed by atoms with Gasteiger partial charge in [0, 0.05) is 0 Å². The average molecular weight is 423 g/mol. The molecule has 4 rings (SSSR count). The van der Waals surface area contributed by atoms with Crippen LogP contribution in [0, 0.1) is 0 Å². The van der Waals surface area contributed by atoms with Crippen molar-refractivity contribution < 1.29 is 8.76 Å². The van der Waals surface area contributed by atoms with Crippen LogP contribution in [0.1, 0.15) is 22.3 Å². The molecule has 0 spiro atoms. The van der Waals surface area contributed by atoms with Crippen LogP contribution in [0.3, 0.4) is 0 Å². The lowest BCUT2D eigenvalue weighted by Crippen LogP contribution is -1.91. The Morgan fingerprint density at radius 3 is 1.52 bits per heavy atom. The predicted octanol–water partition coefficient (Wildman–Crippen LogP) is 7.28. The molecule has 0 saturated heterocycles. The average Bonchev–Trinajstić information content (AvgIpc) is 2.83. The van der Waals surface area contributed by atoms with Gasteiger partial charge in [-0.05, 0) is 39.4 Å². The first-order valence-electron chi connectivity index (χ1n) is 10.0. The van der Waals surface area contributed by atoms with Crippen molar-refractivity contribution in [1.82, 2.24) is 0 Å². The van der Waals surface area contributed by atoms with Gasteiger partial charge in [0.25, 0.3) is 0 Å². The van der Waals surface area contributed by atoms with Gasteiger partial charge in [0.05, 0.1) is 4.90 Å². The minimum Gasteiger partial charge on any atom is -0.302 e. The molecular formula is C28H22O2S. The standard InChI is InChI=1S/C28H22O2S/c29-31(30)28-9-5-4-8-27(28)21-16-24-14-19-26(20-15-24)25-17-12-23(13-18-25)11-10-22-6-2-1-3-7-22/h1-21H,(H,29,30)/b11-10+,21-16+. The molecular weight excluding hydrogens is 400 g/mol. The van der Waals surface area contributed by atoms with Gasteiger partial charge in [-0.15, -0.1) is 0 Å². The lowest BCUT2D eigenvalue weighted by atomic mass is 10.0. The van der Waals surface area contributed by atoms with Crippen LogP contribution in [-0.2, 0) is 11.1 Å². The van der Waals surface area contributed by atoms with Crippen LogP contribution in [0.15, 0.2) is 108 Å². The summed E-state index contributed by atoms with van der Waals surface area (Å²) < 4.78 is 20.9. The van der Waals surface area contributed by atoms with E-state index >= 15 is 0 Å². The zero-order chi connectivity index (χ0) is 21.5. The number of hydrogen-bond acceptors (Lipinski definition) is 1. The molecule has 1 N–H and O–H groups in total. The molecule has 2 nitrogen and oxygen atoms in total. The van der Waals surface area contributed by atoms with Gasteiger partial charge in [-0.2, -0.15) is 0 Å². The molecule has 152 valence electrons. The first-order chi connectivity index (χ1) is 15.2. The third-order valence-corrected chi connectivity index (χ3v) is 5.73. The molecule has 0 fully saturated rings. The number of hydrogen-bond donors (Lipinski definition) is 1. The molecule has 0 saturated carbocycles. The second kappa shape index (κ2) is 9.98. The van der Waals surface area contributed by atoms with E-state index in [0.29, 0.717) is 4.90 Å². The minimum absolute atomic E-state index is 0.414. The lowest BCUT2D eigenvalue weighted by Gasteiger charge is -2.04. The molecule has 1 unspecified atom stereocenters. The Hall–Kier alpha value is -3.53. The van der Waals surface area contributed by atoms with Crippen LogP contribution in [0.25, 0.3) is 35.4 Å². The zero-order valence-corrected chi connectivity index (χ0v) is 17.7. The minimum atomic E-state index is -2.00. The highest BCUT2D eigenvalue weighted by atomic mass is 32.2. The SMILES string of the molecule is O=S(O)c1ccccc1/C=C/c1ccc(-c2ccc(/C=C/c3ccccc3)cc2)cc1. The molecule has 3 heteroatoms. The third-order valence-electron chi connectivity index (χ3n) is 4.98. The van der Waals surface area contributed by atoms with Crippen molar-refractivity contribution in [2.45, 2.75) is 4.90 Å². The highest BCUT2D eigenvalue weighted by molar-refractivity contribution is 7.79. The summed E-state index contributed by atoms with van der Waals surface area (Å²) in [6, 6.07) is 34.1. The fraction of sp³-hybridized carbons (Fsp3) is 0. The molecule has 0 radical (unpaired) electrons. The molecule has 31 heavy (non-hydrogen) atoms. The van der Waals surface area contributed by atoms with Crippen LogP contribution in [0.4, 0.5) is 0 Å². The lowest BCUT2D eigenvalue weighted by molar-refractivity contribution is 0.564. The normalized spacial score (nSPS) is 12.4. The van der Waals surface area contributed by atoms with Crippen molar-refractivity contribution in [2.75, 3.05) is 0 Å². The van der Waals surface area contributed by atoms with Gasteiger partial charge in [-0.1, -0.05) is 121 Å². The van der Waals surface area contributed by atoms with E-state index in [2.05, 4.69) is 60.7 Å². The maximum absolute atomic E-state index is 11.4. The van der Waals surface area contributed by atoms with Crippen LogP contribution in [-0.4, -0.2) is 8.76 Å². The topological polar surface area (TPSA) is 37.3 Å². The first-order valence-corrected chi connectivity index (χ1v) is 11.1. The molecule has 1 atom stereocenters. The molecule has 0 aliphatic carbocycles. The Bertz CT molecular complexity index is 1220. The van der Waals surface area contributed by atoms with Crippen molar-refractivity contribution in [1.29, 1.82) is 0 Å². The van der Waals surface area contributed by atoms with Crippen molar-refractivity contribution in [3.63, 3.8) is 0 Å². The van der Waals surface area contributed by atoms with E-state index in [4.69, 9.17) is 0 Å². The molecule has 0 heterocycles. The molecule has 0 amide bonds. The molecule has 0 aliphatic heterocycles. The Balaban J connectivity index is 1.46. The summed E-state index contributed by atoms with van der Waals surface area (Å²) in [5.41, 5.74) is 6.42. The second-order valence-corrected chi connectivity index (χ2v) is 8.05. The molecule has 0 aliphatic rings. The Morgan fingerprint density at radius 2 is 0.968 bits per heavy atom. The van der Waals surface area contributed by atoms with Crippen molar-refractivity contribution in [3.8, 4) is 11.1 Å². The quantitative estimate of drug-likeness (QED) is 0.262. The predicted molar refractivity (Wildman–Crippen MR) is 132 cm³/mol. The van der Waals surface area contributed by atoms with Gasteiger partial charge in [0.2, 0.25) is 0 Å². The van der Waals surface area contributed by atoms with Gasteiger partial charge in [-0.25, -0.2) is 4.21 Å². The molecule has 0 bridgehead atoms. The Labute approximate surface area is 185 Å². The smallest absolute Gasteiger partial charge is 0.187 e. The monoisotopic (exact) mass is 422 g/mol. The van der Waals surface area contributed by atoms with E-state index in [0.717, 1.165) is 27.8 Å². The van der Waals surface area contributed by atoms with Crippen molar-refractivity contribution in [3.05, 3.63) is 125 Å². The summed E-state index contributed by atoms with van der Waals surface area (Å²) in [6.07, 6.45) is 8.05. The maximum Gasteiger partial charge on any atom is 0.187 e. The van der Waals surface area contributed by atoms with E-state index in [1.165, 1.54) is 5.56 Å². The third kappa shape index (κ3) is 5.54. The van der Waals surface area contributed by atoms with Gasteiger partial charge in [-0.3, -0.25) is 0 Å². The van der Waals surface area contributed by atoms with Crippen LogP contribution >= 0.6 is 0 Å². The van der Waals surface area contributed by atoms with Crippen molar-refractivity contribution >= 4 is 35.4 Å². The number of benzene rings is 4. The van der Waals surface area contributed by atoms with E-state index in [1.54, 1.807) is 12.1 Å². The van der Waals surface area contributed by atoms with Crippen molar-refractivity contribution in [2.24, 2.45) is 0 Å². The van der Waals surface area contributed by atoms with Gasteiger partial charge in [0.1, 0.15) is 0 Å². The van der Waals surface area contributed by atoms with Gasteiger partial charge >= 0.3 is 0 Å². The van der Waals surface area contributed by atoms with Crippen LogP contribution in [0.2, 0.25) is 0 Å². The summed E-state index contributed by atoms with van der Waals surface area (Å²) in [5.74, 6) is 0. The Morgan fingerprint density at radius 1 is 0.516 bits per heavy atom. The summed E-state index contributed by atoms with van der Waals surface area (Å²) in [4.78, 5) is 0.414. The highest BCUT2D eigenvalue weighted by Gasteiger charge is 2.04. The fourth-order valence-electron chi connectivity index (χ4n) is 3.29. The molecule has 0 aromatic heterocycles. The van der Waals surface area contributed by atoms with Crippen LogP contribution in [0.5, 0.6) is 0 Å². The van der Waals surface area contributed by atoms with E-state index in [9.17, 15) is 8.76 Å². The summed E-state index contributed by atoms with van der Waals surface area (Å²) in [5, 5.41) is 0. The van der Waals surface area contributed by atoms with E-state index < -0.39 is 11.1 Å². The van der Waals surface area contributed by atoms with Gasteiger partial charge in [0.15, 0.2) is 11.1 Å². The van der Waals surface area contributed by atoms with E-state index in [-0.39, 0.29) is 0 Å². The first kappa shape index (κ1) is 20.7.